The summed E-state index contributed by atoms with van der Waals surface area (Å²) in [5.41, 5.74) is 3.28. The molecule has 0 aliphatic rings. The van der Waals surface area contributed by atoms with E-state index in [1.165, 1.54) is 10.5 Å². The number of rotatable bonds is 7. The van der Waals surface area contributed by atoms with Crippen LogP contribution in [0.4, 0.5) is 10.5 Å². The zero-order valence-electron chi connectivity index (χ0n) is 15.4. The lowest BCUT2D eigenvalue weighted by molar-refractivity contribution is 0.0827. The first-order chi connectivity index (χ1) is 12.5. The van der Waals surface area contributed by atoms with Crippen molar-refractivity contribution in [2.45, 2.75) is 12.7 Å². The number of thioether (sulfide) groups is 1. The van der Waals surface area contributed by atoms with Crippen molar-refractivity contribution in [2.75, 3.05) is 31.7 Å². The second kappa shape index (κ2) is 9.87. The van der Waals surface area contributed by atoms with Gasteiger partial charge in [-0.3, -0.25) is 4.79 Å². The molecule has 138 valence electrons. The van der Waals surface area contributed by atoms with E-state index in [-0.39, 0.29) is 11.9 Å². The number of amides is 3. The number of hydrogen-bond acceptors (Lipinski definition) is 3. The van der Waals surface area contributed by atoms with E-state index in [1.54, 1.807) is 44.1 Å². The lowest BCUT2D eigenvalue weighted by Gasteiger charge is -2.15. The summed E-state index contributed by atoms with van der Waals surface area (Å²) in [6.45, 7) is 2.42. The average molecular weight is 372 g/mol. The molecule has 0 atom stereocenters. The van der Waals surface area contributed by atoms with Crippen LogP contribution in [0, 0.1) is 6.92 Å². The Morgan fingerprint density at radius 1 is 1.04 bits per heavy atom. The van der Waals surface area contributed by atoms with Gasteiger partial charge in [0.25, 0.3) is 5.91 Å². The van der Waals surface area contributed by atoms with E-state index in [1.807, 2.05) is 25.1 Å². The Labute approximate surface area is 159 Å². The third kappa shape index (κ3) is 5.81. The Kier molecular flexibility index (Phi) is 7.53. The standard InChI is InChI=1S/C20H25N3O2S/c1-15-17(19(24)23(2)3)10-7-11-18(15)22-20(25)21-12-13-26-14-16-8-5-4-6-9-16/h4-11H,12-14H2,1-3H3,(H2,21,22,25). The molecule has 2 aromatic carbocycles. The van der Waals surface area contributed by atoms with Crippen LogP contribution in [0.3, 0.4) is 0 Å². The molecular weight excluding hydrogens is 346 g/mol. The average Bonchev–Trinajstić information content (AvgIpc) is 2.63. The quantitative estimate of drug-likeness (QED) is 0.729. The summed E-state index contributed by atoms with van der Waals surface area (Å²) in [6, 6.07) is 15.3. The number of nitrogens with one attached hydrogen (secondary N) is 2. The summed E-state index contributed by atoms with van der Waals surface area (Å²) in [5.74, 6) is 1.68. The first-order valence-corrected chi connectivity index (χ1v) is 9.62. The van der Waals surface area contributed by atoms with Crippen molar-refractivity contribution in [3.05, 3.63) is 65.2 Å². The van der Waals surface area contributed by atoms with Gasteiger partial charge in [0.15, 0.2) is 0 Å². The molecule has 2 rings (SSSR count). The van der Waals surface area contributed by atoms with Crippen molar-refractivity contribution in [1.82, 2.24) is 10.2 Å². The number of anilines is 1. The van der Waals surface area contributed by atoms with Crippen LogP contribution in [-0.2, 0) is 5.75 Å². The van der Waals surface area contributed by atoms with Crippen molar-refractivity contribution in [1.29, 1.82) is 0 Å². The molecule has 0 aromatic heterocycles. The summed E-state index contributed by atoms with van der Waals surface area (Å²) >= 11 is 1.77. The van der Waals surface area contributed by atoms with Gasteiger partial charge < -0.3 is 15.5 Å². The fourth-order valence-electron chi connectivity index (χ4n) is 2.41. The minimum absolute atomic E-state index is 0.0797. The fraction of sp³-hybridized carbons (Fsp3) is 0.300. The van der Waals surface area contributed by atoms with Gasteiger partial charge >= 0.3 is 6.03 Å². The predicted octanol–water partition coefficient (Wildman–Crippen LogP) is 3.75. The minimum atomic E-state index is -0.261. The Balaban J connectivity index is 1.79. The molecule has 0 heterocycles. The maximum absolute atomic E-state index is 12.2. The van der Waals surface area contributed by atoms with Crippen molar-refractivity contribution in [3.8, 4) is 0 Å². The molecular formula is C20H25N3O2S. The zero-order chi connectivity index (χ0) is 18.9. The number of hydrogen-bond donors (Lipinski definition) is 2. The molecule has 26 heavy (non-hydrogen) atoms. The number of urea groups is 1. The van der Waals surface area contributed by atoms with Gasteiger partial charge in [0.2, 0.25) is 0 Å². The van der Waals surface area contributed by atoms with Crippen LogP contribution >= 0.6 is 11.8 Å². The molecule has 0 unspecified atom stereocenters. The Morgan fingerprint density at radius 2 is 1.77 bits per heavy atom. The molecule has 0 saturated heterocycles. The zero-order valence-corrected chi connectivity index (χ0v) is 16.2. The second-order valence-corrected chi connectivity index (χ2v) is 7.20. The van der Waals surface area contributed by atoms with Crippen molar-refractivity contribution in [2.24, 2.45) is 0 Å². The Morgan fingerprint density at radius 3 is 2.46 bits per heavy atom. The van der Waals surface area contributed by atoms with Crippen LogP contribution in [-0.4, -0.2) is 43.2 Å². The van der Waals surface area contributed by atoms with Gasteiger partial charge in [-0.05, 0) is 30.2 Å². The summed E-state index contributed by atoms with van der Waals surface area (Å²) in [5, 5.41) is 5.67. The van der Waals surface area contributed by atoms with E-state index in [0.29, 0.717) is 17.8 Å². The Hall–Kier alpha value is -2.47. The fourth-order valence-corrected chi connectivity index (χ4v) is 3.23. The maximum atomic E-state index is 12.2. The van der Waals surface area contributed by atoms with Crippen LogP contribution in [0.2, 0.25) is 0 Å². The van der Waals surface area contributed by atoms with E-state index >= 15 is 0 Å². The maximum Gasteiger partial charge on any atom is 0.319 e. The summed E-state index contributed by atoms with van der Waals surface area (Å²) in [7, 11) is 3.42. The van der Waals surface area contributed by atoms with E-state index in [2.05, 4.69) is 22.8 Å². The van der Waals surface area contributed by atoms with E-state index in [4.69, 9.17) is 0 Å². The summed E-state index contributed by atoms with van der Waals surface area (Å²) in [4.78, 5) is 25.8. The highest BCUT2D eigenvalue weighted by molar-refractivity contribution is 7.98. The SMILES string of the molecule is Cc1c(NC(=O)NCCSCc2ccccc2)cccc1C(=O)N(C)C. The first-order valence-electron chi connectivity index (χ1n) is 8.47. The number of benzene rings is 2. The highest BCUT2D eigenvalue weighted by Gasteiger charge is 2.14. The van der Waals surface area contributed by atoms with Gasteiger partial charge in [-0.15, -0.1) is 0 Å². The molecule has 6 heteroatoms. The highest BCUT2D eigenvalue weighted by atomic mass is 32.2. The third-order valence-electron chi connectivity index (χ3n) is 3.86. The molecule has 2 aromatic rings. The molecule has 0 saturated carbocycles. The molecule has 0 radical (unpaired) electrons. The lowest BCUT2D eigenvalue weighted by atomic mass is 10.1. The monoisotopic (exact) mass is 371 g/mol. The van der Waals surface area contributed by atoms with Crippen molar-refractivity contribution < 1.29 is 9.59 Å². The van der Waals surface area contributed by atoms with Crippen LogP contribution in [0.5, 0.6) is 0 Å². The van der Waals surface area contributed by atoms with Gasteiger partial charge in [0, 0.05) is 43.4 Å². The number of nitrogens with zero attached hydrogens (tertiary/aromatic N) is 1. The molecule has 3 amide bonds. The normalized spacial score (nSPS) is 10.3. The van der Waals surface area contributed by atoms with E-state index < -0.39 is 0 Å². The largest absolute Gasteiger partial charge is 0.345 e. The molecule has 0 aliphatic carbocycles. The molecule has 0 fully saturated rings. The van der Waals surface area contributed by atoms with Crippen molar-refractivity contribution in [3.63, 3.8) is 0 Å². The van der Waals surface area contributed by atoms with Gasteiger partial charge in [-0.2, -0.15) is 11.8 Å². The van der Waals surface area contributed by atoms with Gasteiger partial charge in [0.05, 0.1) is 0 Å². The molecule has 2 N–H and O–H groups in total. The summed E-state index contributed by atoms with van der Waals surface area (Å²) < 4.78 is 0. The van der Waals surface area contributed by atoms with Crippen LogP contribution in [0.15, 0.2) is 48.5 Å². The van der Waals surface area contributed by atoms with Crippen LogP contribution in [0.25, 0.3) is 0 Å². The first kappa shape index (κ1) is 19.8. The van der Waals surface area contributed by atoms with Crippen LogP contribution in [0.1, 0.15) is 21.5 Å². The summed E-state index contributed by atoms with van der Waals surface area (Å²) in [6.07, 6.45) is 0. The molecule has 0 bridgehead atoms. The highest BCUT2D eigenvalue weighted by Crippen LogP contribution is 2.20. The molecule has 0 spiro atoms. The topological polar surface area (TPSA) is 61.4 Å². The number of carbonyl (C=O) groups is 2. The Bertz CT molecular complexity index is 748. The van der Waals surface area contributed by atoms with Gasteiger partial charge in [-0.1, -0.05) is 36.4 Å². The van der Waals surface area contributed by atoms with E-state index in [0.717, 1.165) is 17.1 Å². The predicted molar refractivity (Wildman–Crippen MR) is 109 cm³/mol. The molecule has 5 nitrogen and oxygen atoms in total. The van der Waals surface area contributed by atoms with Crippen molar-refractivity contribution >= 4 is 29.4 Å². The second-order valence-electron chi connectivity index (χ2n) is 6.10. The number of carbonyl (C=O) groups excluding carboxylic acids is 2. The van der Waals surface area contributed by atoms with Crippen LogP contribution < -0.4 is 10.6 Å². The third-order valence-corrected chi connectivity index (χ3v) is 4.89. The lowest BCUT2D eigenvalue weighted by Crippen LogP contribution is -2.31. The minimum Gasteiger partial charge on any atom is -0.345 e. The smallest absolute Gasteiger partial charge is 0.319 e. The van der Waals surface area contributed by atoms with E-state index in [9.17, 15) is 9.59 Å². The van der Waals surface area contributed by atoms with Gasteiger partial charge in [0.1, 0.15) is 0 Å². The van der Waals surface area contributed by atoms with Gasteiger partial charge in [-0.25, -0.2) is 4.79 Å². The molecule has 0 aliphatic heterocycles.